The van der Waals surface area contributed by atoms with E-state index in [-0.39, 0.29) is 30.5 Å². The average Bonchev–Trinajstić information content (AvgIpc) is 3.14. The molecule has 2 aromatic rings. The van der Waals surface area contributed by atoms with Gasteiger partial charge in [-0.3, -0.25) is 19.2 Å². The number of rotatable bonds is 6. The molecule has 8 nitrogen and oxygen atoms in total. The van der Waals surface area contributed by atoms with Crippen LogP contribution in [0.15, 0.2) is 47.4 Å². The zero-order valence-corrected chi connectivity index (χ0v) is 17.4. The summed E-state index contributed by atoms with van der Waals surface area (Å²) < 4.78 is 1.28. The summed E-state index contributed by atoms with van der Waals surface area (Å²) in [5.74, 6) is -1.34. The summed E-state index contributed by atoms with van der Waals surface area (Å²) in [6.45, 7) is 5.08. The zero-order chi connectivity index (χ0) is 21.8. The van der Waals surface area contributed by atoms with Crippen LogP contribution >= 0.6 is 0 Å². The first-order chi connectivity index (χ1) is 14.3. The summed E-state index contributed by atoms with van der Waals surface area (Å²) in [7, 11) is 1.53. The highest BCUT2D eigenvalue weighted by atomic mass is 16.2. The van der Waals surface area contributed by atoms with Gasteiger partial charge in [0.1, 0.15) is 5.69 Å². The Balaban J connectivity index is 1.79. The standard InChI is InChI=1S/C22H26N4O4/c1-4-25(5-2)21(29)16-11-18(22(30)24(3)13-16)23-20(28)15-12-19(27)26(14-15)17-9-7-6-8-10-17/h6-11,13,15H,4-5,12,14H2,1-3H3,(H,23,28). The van der Waals surface area contributed by atoms with E-state index < -0.39 is 17.4 Å². The predicted octanol–water partition coefficient (Wildman–Crippen LogP) is 1.86. The Morgan fingerprint density at radius 1 is 1.13 bits per heavy atom. The van der Waals surface area contributed by atoms with Crippen LogP contribution in [-0.4, -0.2) is 46.8 Å². The van der Waals surface area contributed by atoms with Gasteiger partial charge in [-0.15, -0.1) is 0 Å². The van der Waals surface area contributed by atoms with E-state index in [1.165, 1.54) is 23.9 Å². The zero-order valence-electron chi connectivity index (χ0n) is 17.4. The van der Waals surface area contributed by atoms with E-state index in [1.54, 1.807) is 9.80 Å². The normalized spacial score (nSPS) is 15.9. The quantitative estimate of drug-likeness (QED) is 0.787. The van der Waals surface area contributed by atoms with E-state index in [0.29, 0.717) is 18.7 Å². The van der Waals surface area contributed by atoms with Gasteiger partial charge in [-0.25, -0.2) is 0 Å². The minimum absolute atomic E-state index is 0.0334. The number of amides is 3. The Hall–Kier alpha value is -3.42. The molecular formula is C22H26N4O4. The summed E-state index contributed by atoms with van der Waals surface area (Å²) in [4.78, 5) is 53.5. The Labute approximate surface area is 175 Å². The molecule has 1 N–H and O–H groups in total. The van der Waals surface area contributed by atoms with E-state index in [0.717, 1.165) is 5.69 Å². The lowest BCUT2D eigenvalue weighted by atomic mass is 10.1. The molecule has 0 saturated carbocycles. The lowest BCUT2D eigenvalue weighted by Gasteiger charge is -2.20. The van der Waals surface area contributed by atoms with Gasteiger partial charge in [-0.2, -0.15) is 0 Å². The molecule has 1 atom stereocenters. The van der Waals surface area contributed by atoms with Gasteiger partial charge in [-0.1, -0.05) is 18.2 Å². The van der Waals surface area contributed by atoms with Crippen LogP contribution < -0.4 is 15.8 Å². The fourth-order valence-corrected chi connectivity index (χ4v) is 3.59. The van der Waals surface area contributed by atoms with Crippen LogP contribution in [0.3, 0.4) is 0 Å². The van der Waals surface area contributed by atoms with Gasteiger partial charge in [-0.05, 0) is 32.0 Å². The molecule has 1 aliphatic rings. The third-order valence-electron chi connectivity index (χ3n) is 5.30. The van der Waals surface area contributed by atoms with Crippen molar-refractivity contribution in [3.05, 3.63) is 58.5 Å². The van der Waals surface area contributed by atoms with Crippen LogP contribution in [0.25, 0.3) is 0 Å². The minimum atomic E-state index is -0.579. The van der Waals surface area contributed by atoms with Gasteiger partial charge in [0.15, 0.2) is 0 Å². The van der Waals surface area contributed by atoms with Crippen molar-refractivity contribution in [3.63, 3.8) is 0 Å². The van der Waals surface area contributed by atoms with E-state index in [2.05, 4.69) is 5.32 Å². The van der Waals surface area contributed by atoms with Crippen molar-refractivity contribution in [2.24, 2.45) is 13.0 Å². The van der Waals surface area contributed by atoms with Crippen LogP contribution in [0.1, 0.15) is 30.6 Å². The van der Waals surface area contributed by atoms with Crippen LogP contribution in [0, 0.1) is 5.92 Å². The SMILES string of the molecule is CCN(CC)C(=O)c1cc(NC(=O)C2CC(=O)N(c3ccccc3)C2)c(=O)n(C)c1. The highest BCUT2D eigenvalue weighted by molar-refractivity contribution is 6.04. The highest BCUT2D eigenvalue weighted by Crippen LogP contribution is 2.25. The minimum Gasteiger partial charge on any atom is -0.339 e. The van der Waals surface area contributed by atoms with Gasteiger partial charge >= 0.3 is 0 Å². The molecule has 0 aliphatic carbocycles. The van der Waals surface area contributed by atoms with E-state index >= 15 is 0 Å². The van der Waals surface area contributed by atoms with E-state index in [1.807, 2.05) is 44.2 Å². The van der Waals surface area contributed by atoms with Gasteiger partial charge in [0.2, 0.25) is 11.8 Å². The molecule has 0 bridgehead atoms. The fourth-order valence-electron chi connectivity index (χ4n) is 3.59. The van der Waals surface area contributed by atoms with Crippen LogP contribution in [0.2, 0.25) is 0 Å². The lowest BCUT2D eigenvalue weighted by Crippen LogP contribution is -2.33. The molecule has 1 aromatic heterocycles. The number of aromatic nitrogens is 1. The molecule has 1 fully saturated rings. The molecule has 1 aromatic carbocycles. The second-order valence-electron chi connectivity index (χ2n) is 7.27. The number of hydrogen-bond donors (Lipinski definition) is 1. The lowest BCUT2D eigenvalue weighted by molar-refractivity contribution is -0.122. The second kappa shape index (κ2) is 8.94. The molecular weight excluding hydrogens is 384 g/mol. The number of nitrogens with zero attached hydrogens (tertiary/aromatic N) is 3. The average molecular weight is 410 g/mol. The maximum absolute atomic E-state index is 12.8. The predicted molar refractivity (Wildman–Crippen MR) is 114 cm³/mol. The topological polar surface area (TPSA) is 91.7 Å². The van der Waals surface area contributed by atoms with E-state index in [4.69, 9.17) is 0 Å². The maximum Gasteiger partial charge on any atom is 0.274 e. The second-order valence-corrected chi connectivity index (χ2v) is 7.27. The number of pyridine rings is 1. The smallest absolute Gasteiger partial charge is 0.274 e. The molecule has 3 rings (SSSR count). The van der Waals surface area contributed by atoms with Crippen LogP contribution in [-0.2, 0) is 16.6 Å². The van der Waals surface area contributed by atoms with Crippen molar-refractivity contribution in [1.29, 1.82) is 0 Å². The van der Waals surface area contributed by atoms with Crippen LogP contribution in [0.4, 0.5) is 11.4 Å². The van der Waals surface area contributed by atoms with E-state index in [9.17, 15) is 19.2 Å². The van der Waals surface area contributed by atoms with Gasteiger partial charge in [0, 0.05) is 45.0 Å². The molecule has 2 heterocycles. The molecule has 30 heavy (non-hydrogen) atoms. The number of benzene rings is 1. The summed E-state index contributed by atoms with van der Waals surface area (Å²) in [5.41, 5.74) is 0.680. The van der Waals surface area contributed by atoms with Gasteiger partial charge < -0.3 is 19.7 Å². The summed E-state index contributed by atoms with van der Waals surface area (Å²) in [6.07, 6.45) is 1.54. The van der Waals surface area contributed by atoms with Crippen molar-refractivity contribution in [3.8, 4) is 0 Å². The first kappa shape index (κ1) is 21.3. The number of para-hydroxylation sites is 1. The summed E-state index contributed by atoms with van der Waals surface area (Å²) in [5, 5.41) is 2.63. The number of carbonyl (C=O) groups is 3. The number of aryl methyl sites for hydroxylation is 1. The fraction of sp³-hybridized carbons (Fsp3) is 0.364. The number of nitrogens with one attached hydrogen (secondary N) is 1. The first-order valence-electron chi connectivity index (χ1n) is 10.0. The molecule has 158 valence electrons. The van der Waals surface area contributed by atoms with Crippen molar-refractivity contribution in [1.82, 2.24) is 9.47 Å². The molecule has 1 aliphatic heterocycles. The first-order valence-corrected chi connectivity index (χ1v) is 10.0. The third-order valence-corrected chi connectivity index (χ3v) is 5.30. The maximum atomic E-state index is 12.8. The molecule has 8 heteroatoms. The molecule has 1 unspecified atom stereocenters. The van der Waals surface area contributed by atoms with Crippen molar-refractivity contribution < 1.29 is 14.4 Å². The van der Waals surface area contributed by atoms with Gasteiger partial charge in [0.05, 0.1) is 11.5 Å². The number of hydrogen-bond acceptors (Lipinski definition) is 4. The third kappa shape index (κ3) is 4.27. The molecule has 1 saturated heterocycles. The Morgan fingerprint density at radius 2 is 1.80 bits per heavy atom. The largest absolute Gasteiger partial charge is 0.339 e. The van der Waals surface area contributed by atoms with Crippen molar-refractivity contribution in [2.75, 3.05) is 29.9 Å². The Kier molecular flexibility index (Phi) is 6.34. The van der Waals surface area contributed by atoms with Crippen molar-refractivity contribution in [2.45, 2.75) is 20.3 Å². The number of carbonyl (C=O) groups excluding carboxylic acids is 3. The van der Waals surface area contributed by atoms with Crippen LogP contribution in [0.5, 0.6) is 0 Å². The Bertz CT molecular complexity index is 1010. The van der Waals surface area contributed by atoms with Crippen molar-refractivity contribution >= 4 is 29.1 Å². The molecule has 3 amide bonds. The Morgan fingerprint density at radius 3 is 2.43 bits per heavy atom. The molecule has 0 spiro atoms. The van der Waals surface area contributed by atoms with Gasteiger partial charge in [0.25, 0.3) is 11.5 Å². The summed E-state index contributed by atoms with van der Waals surface area (Å²) in [6, 6.07) is 10.6. The monoisotopic (exact) mass is 410 g/mol. The summed E-state index contributed by atoms with van der Waals surface area (Å²) >= 11 is 0. The number of anilines is 2. The molecule has 0 radical (unpaired) electrons. The highest BCUT2D eigenvalue weighted by Gasteiger charge is 2.35.